The van der Waals surface area contributed by atoms with Crippen LogP contribution in [0.2, 0.25) is 0 Å². The number of methoxy groups -OCH3 is 1. The summed E-state index contributed by atoms with van der Waals surface area (Å²) in [5.74, 6) is 2.83. The van der Waals surface area contributed by atoms with Crippen LogP contribution >= 0.6 is 0 Å². The molecule has 0 amide bonds. The highest BCUT2D eigenvalue weighted by Crippen LogP contribution is 2.13. The molecule has 1 aromatic carbocycles. The minimum atomic E-state index is -0.122. The number of terminal acetylenes is 1. The Morgan fingerprint density at radius 2 is 2.07 bits per heavy atom. The highest BCUT2D eigenvalue weighted by molar-refractivity contribution is 5.94. The molecule has 2 nitrogen and oxygen atoms in total. The SMILES string of the molecule is C#CC(=O)CCCc1ccc(OC)cc1. The molecule has 0 aromatic heterocycles. The van der Waals surface area contributed by atoms with Crippen LogP contribution in [-0.4, -0.2) is 12.9 Å². The molecule has 0 aliphatic rings. The van der Waals surface area contributed by atoms with Gasteiger partial charge < -0.3 is 4.74 Å². The van der Waals surface area contributed by atoms with Crippen LogP contribution in [0.15, 0.2) is 24.3 Å². The van der Waals surface area contributed by atoms with Gasteiger partial charge >= 0.3 is 0 Å². The minimum Gasteiger partial charge on any atom is -0.497 e. The third kappa shape index (κ3) is 3.86. The fraction of sp³-hybridized carbons (Fsp3) is 0.308. The van der Waals surface area contributed by atoms with Crippen molar-refractivity contribution >= 4 is 5.78 Å². The van der Waals surface area contributed by atoms with Gasteiger partial charge in [0, 0.05) is 6.42 Å². The topological polar surface area (TPSA) is 26.3 Å². The molecule has 0 spiro atoms. The molecular formula is C13H14O2. The van der Waals surface area contributed by atoms with E-state index in [1.54, 1.807) is 7.11 Å². The second-order valence-corrected chi connectivity index (χ2v) is 3.27. The molecular weight excluding hydrogens is 188 g/mol. The Bertz CT molecular complexity index is 357. The van der Waals surface area contributed by atoms with Gasteiger partial charge in [0.25, 0.3) is 0 Å². The molecule has 15 heavy (non-hydrogen) atoms. The summed E-state index contributed by atoms with van der Waals surface area (Å²) in [4.78, 5) is 10.8. The van der Waals surface area contributed by atoms with Crippen molar-refractivity contribution in [3.8, 4) is 18.1 Å². The van der Waals surface area contributed by atoms with E-state index in [0.29, 0.717) is 6.42 Å². The van der Waals surface area contributed by atoms with Crippen molar-refractivity contribution in [3.63, 3.8) is 0 Å². The van der Waals surface area contributed by atoms with Gasteiger partial charge in [-0.1, -0.05) is 12.1 Å². The van der Waals surface area contributed by atoms with E-state index in [2.05, 4.69) is 5.92 Å². The van der Waals surface area contributed by atoms with Gasteiger partial charge in [-0.15, -0.1) is 6.42 Å². The van der Waals surface area contributed by atoms with E-state index >= 15 is 0 Å². The van der Waals surface area contributed by atoms with Crippen LogP contribution in [0.25, 0.3) is 0 Å². The number of benzene rings is 1. The number of rotatable bonds is 5. The number of aryl methyl sites for hydroxylation is 1. The highest BCUT2D eigenvalue weighted by Gasteiger charge is 1.98. The second-order valence-electron chi connectivity index (χ2n) is 3.27. The van der Waals surface area contributed by atoms with Crippen molar-refractivity contribution in [3.05, 3.63) is 29.8 Å². The van der Waals surface area contributed by atoms with Gasteiger partial charge in [0.15, 0.2) is 0 Å². The number of ketones is 1. The maximum Gasteiger partial charge on any atom is 0.205 e. The molecule has 1 aromatic rings. The summed E-state index contributed by atoms with van der Waals surface area (Å²) in [7, 11) is 1.64. The summed E-state index contributed by atoms with van der Waals surface area (Å²) in [5.41, 5.74) is 1.20. The lowest BCUT2D eigenvalue weighted by atomic mass is 10.1. The Kier molecular flexibility index (Phi) is 4.43. The predicted molar refractivity (Wildman–Crippen MR) is 59.8 cm³/mol. The summed E-state index contributed by atoms with van der Waals surface area (Å²) in [6.45, 7) is 0. The number of carbonyl (C=O) groups excluding carboxylic acids is 1. The predicted octanol–water partition coefficient (Wildman–Crippen LogP) is 2.22. The second kappa shape index (κ2) is 5.87. The van der Waals surface area contributed by atoms with Crippen LogP contribution in [0.5, 0.6) is 5.75 Å². The summed E-state index contributed by atoms with van der Waals surface area (Å²) in [5, 5.41) is 0. The van der Waals surface area contributed by atoms with Crippen LogP contribution in [0, 0.1) is 12.3 Å². The summed E-state index contributed by atoms with van der Waals surface area (Å²) < 4.78 is 5.05. The van der Waals surface area contributed by atoms with Crippen molar-refractivity contribution in [2.24, 2.45) is 0 Å². The smallest absolute Gasteiger partial charge is 0.205 e. The van der Waals surface area contributed by atoms with Gasteiger partial charge in [-0.2, -0.15) is 0 Å². The quantitative estimate of drug-likeness (QED) is 0.540. The van der Waals surface area contributed by atoms with Gasteiger partial charge in [0.05, 0.1) is 7.11 Å². The van der Waals surface area contributed by atoms with Gasteiger partial charge in [0.1, 0.15) is 5.75 Å². The normalized spacial score (nSPS) is 9.33. The molecule has 0 radical (unpaired) electrons. The highest BCUT2D eigenvalue weighted by atomic mass is 16.5. The third-order valence-electron chi connectivity index (χ3n) is 2.19. The molecule has 2 heteroatoms. The molecule has 78 valence electrons. The zero-order valence-electron chi connectivity index (χ0n) is 8.82. The molecule has 1 rings (SSSR count). The fourth-order valence-electron chi connectivity index (χ4n) is 1.32. The molecule has 0 aliphatic heterocycles. The molecule has 0 saturated carbocycles. The Balaban J connectivity index is 2.38. The zero-order valence-corrected chi connectivity index (χ0v) is 8.82. The molecule has 0 saturated heterocycles. The third-order valence-corrected chi connectivity index (χ3v) is 2.19. The van der Waals surface area contributed by atoms with Crippen molar-refractivity contribution < 1.29 is 9.53 Å². The molecule has 0 aliphatic carbocycles. The first kappa shape index (κ1) is 11.3. The molecule has 0 bridgehead atoms. The first-order chi connectivity index (χ1) is 7.26. The maximum absolute atomic E-state index is 10.8. The number of Topliss-reactive ketones (excluding diaryl/α,β-unsaturated/α-hetero) is 1. The average Bonchev–Trinajstić information content (AvgIpc) is 2.29. The van der Waals surface area contributed by atoms with Gasteiger partial charge in [-0.3, -0.25) is 4.79 Å². The van der Waals surface area contributed by atoms with Crippen LogP contribution < -0.4 is 4.74 Å². The van der Waals surface area contributed by atoms with E-state index in [1.165, 1.54) is 5.56 Å². The Hall–Kier alpha value is -1.75. The van der Waals surface area contributed by atoms with E-state index in [0.717, 1.165) is 18.6 Å². The van der Waals surface area contributed by atoms with E-state index in [1.807, 2.05) is 24.3 Å². The molecule has 0 fully saturated rings. The first-order valence-corrected chi connectivity index (χ1v) is 4.88. The van der Waals surface area contributed by atoms with Gasteiger partial charge in [-0.05, 0) is 36.5 Å². The summed E-state index contributed by atoms with van der Waals surface area (Å²) in [6, 6.07) is 7.83. The first-order valence-electron chi connectivity index (χ1n) is 4.88. The van der Waals surface area contributed by atoms with Crippen molar-refractivity contribution in [1.29, 1.82) is 0 Å². The zero-order chi connectivity index (χ0) is 11.1. The number of hydrogen-bond donors (Lipinski definition) is 0. The lowest BCUT2D eigenvalue weighted by Crippen LogP contribution is -1.94. The molecule has 0 heterocycles. The number of hydrogen-bond acceptors (Lipinski definition) is 2. The van der Waals surface area contributed by atoms with Crippen LogP contribution in [0.4, 0.5) is 0 Å². The number of carbonyl (C=O) groups is 1. The van der Waals surface area contributed by atoms with Crippen molar-refractivity contribution in [1.82, 2.24) is 0 Å². The summed E-state index contributed by atoms with van der Waals surface area (Å²) >= 11 is 0. The van der Waals surface area contributed by atoms with E-state index in [-0.39, 0.29) is 5.78 Å². The van der Waals surface area contributed by atoms with Crippen LogP contribution in [0.3, 0.4) is 0 Å². The molecule has 0 unspecified atom stereocenters. The largest absolute Gasteiger partial charge is 0.497 e. The lowest BCUT2D eigenvalue weighted by molar-refractivity contribution is -0.113. The van der Waals surface area contributed by atoms with Crippen molar-refractivity contribution in [2.45, 2.75) is 19.3 Å². The average molecular weight is 202 g/mol. The molecule has 0 atom stereocenters. The van der Waals surface area contributed by atoms with E-state index < -0.39 is 0 Å². The van der Waals surface area contributed by atoms with Crippen LogP contribution in [0.1, 0.15) is 18.4 Å². The van der Waals surface area contributed by atoms with Crippen LogP contribution in [-0.2, 0) is 11.2 Å². The number of ether oxygens (including phenoxy) is 1. The minimum absolute atomic E-state index is 0.122. The Morgan fingerprint density at radius 3 is 2.60 bits per heavy atom. The fourth-order valence-corrected chi connectivity index (χ4v) is 1.32. The summed E-state index contributed by atoms with van der Waals surface area (Å²) in [6.07, 6.45) is 7.11. The monoisotopic (exact) mass is 202 g/mol. The Labute approximate surface area is 90.3 Å². The standard InChI is InChI=1S/C13H14O2/c1-3-12(14)6-4-5-11-7-9-13(15-2)10-8-11/h1,7-10H,4-6H2,2H3. The van der Waals surface area contributed by atoms with E-state index in [9.17, 15) is 4.79 Å². The van der Waals surface area contributed by atoms with Gasteiger partial charge in [0.2, 0.25) is 5.78 Å². The molecule has 0 N–H and O–H groups in total. The van der Waals surface area contributed by atoms with E-state index in [4.69, 9.17) is 11.2 Å². The van der Waals surface area contributed by atoms with Crippen molar-refractivity contribution in [2.75, 3.05) is 7.11 Å². The van der Waals surface area contributed by atoms with Gasteiger partial charge in [-0.25, -0.2) is 0 Å². The Morgan fingerprint density at radius 1 is 1.40 bits per heavy atom. The maximum atomic E-state index is 10.8. The lowest BCUT2D eigenvalue weighted by Gasteiger charge is -2.02.